The lowest BCUT2D eigenvalue weighted by molar-refractivity contribution is -0.125. The largest absolute Gasteiger partial charge is 0.497 e. The second kappa shape index (κ2) is 7.63. The van der Waals surface area contributed by atoms with Crippen LogP contribution in [0, 0.1) is 0 Å². The van der Waals surface area contributed by atoms with Crippen LogP contribution < -0.4 is 14.8 Å². The first kappa shape index (κ1) is 19.6. The Morgan fingerprint density at radius 3 is 2.62 bits per heavy atom. The molecule has 2 aromatic carbocycles. The van der Waals surface area contributed by atoms with Gasteiger partial charge in [-0.25, -0.2) is 0 Å². The topological polar surface area (TPSA) is 67.9 Å². The summed E-state index contributed by atoms with van der Waals surface area (Å²) in [6, 6.07) is 12.9. The van der Waals surface area contributed by atoms with Crippen LogP contribution in [0.25, 0.3) is 0 Å². The predicted molar refractivity (Wildman–Crippen MR) is 113 cm³/mol. The van der Waals surface area contributed by atoms with Gasteiger partial charge < -0.3 is 19.7 Å². The van der Waals surface area contributed by atoms with Crippen LogP contribution in [0.1, 0.15) is 30.1 Å². The number of hydrogen-bond donors (Lipinski definition) is 1. The number of fused-ring (bicyclic) bond motifs is 1. The van der Waals surface area contributed by atoms with Gasteiger partial charge in [0.05, 0.1) is 25.5 Å². The van der Waals surface area contributed by atoms with Crippen molar-refractivity contribution in [2.45, 2.75) is 36.2 Å². The van der Waals surface area contributed by atoms with E-state index in [9.17, 15) is 9.59 Å². The minimum Gasteiger partial charge on any atom is -0.497 e. The molecule has 2 aliphatic rings. The summed E-state index contributed by atoms with van der Waals surface area (Å²) in [5.41, 5.74) is 0.241. The Bertz CT molecular complexity index is 960. The summed E-state index contributed by atoms with van der Waals surface area (Å²) in [5.74, 6) is 1.33. The zero-order chi connectivity index (χ0) is 20.6. The zero-order valence-electron chi connectivity index (χ0n) is 16.7. The van der Waals surface area contributed by atoms with Crippen LogP contribution in [0.2, 0.25) is 0 Å². The van der Waals surface area contributed by atoms with Crippen LogP contribution in [-0.4, -0.2) is 48.3 Å². The van der Waals surface area contributed by atoms with E-state index in [1.165, 1.54) is 0 Å². The van der Waals surface area contributed by atoms with Crippen molar-refractivity contribution in [1.29, 1.82) is 0 Å². The molecule has 1 fully saturated rings. The number of carbonyl (C=O) groups excluding carboxylic acids is 2. The van der Waals surface area contributed by atoms with E-state index in [1.54, 1.807) is 49.1 Å². The van der Waals surface area contributed by atoms with Gasteiger partial charge >= 0.3 is 0 Å². The number of methoxy groups -OCH3 is 2. The molecule has 0 aromatic heterocycles. The standard InChI is InChI=1S/C22H24N2O4S/c1-22(21(26)23-17-11-10-15(27-2)12-18(17)28-3)13-29-19-7-5-4-6-16(19)20(25)24(22)14-8-9-14/h4-7,10-12,14H,8-9,13H2,1-3H3,(H,23,26). The van der Waals surface area contributed by atoms with Gasteiger partial charge in [-0.1, -0.05) is 12.1 Å². The van der Waals surface area contributed by atoms with E-state index in [1.807, 2.05) is 31.2 Å². The van der Waals surface area contributed by atoms with Gasteiger partial charge in [0.1, 0.15) is 17.0 Å². The average Bonchev–Trinajstić information content (AvgIpc) is 3.57. The Labute approximate surface area is 174 Å². The summed E-state index contributed by atoms with van der Waals surface area (Å²) in [4.78, 5) is 29.6. The Morgan fingerprint density at radius 2 is 1.93 bits per heavy atom. The maximum Gasteiger partial charge on any atom is 0.256 e. The fourth-order valence-corrected chi connectivity index (χ4v) is 4.84. The van der Waals surface area contributed by atoms with Crippen LogP contribution in [0.5, 0.6) is 11.5 Å². The Balaban J connectivity index is 1.67. The molecule has 4 rings (SSSR count). The molecule has 1 aliphatic carbocycles. The Kier molecular flexibility index (Phi) is 5.17. The van der Waals surface area contributed by atoms with Crippen molar-refractivity contribution in [1.82, 2.24) is 4.90 Å². The third-order valence-electron chi connectivity index (χ3n) is 5.43. The van der Waals surface area contributed by atoms with Crippen LogP contribution >= 0.6 is 11.8 Å². The maximum atomic E-state index is 13.5. The number of rotatable bonds is 5. The molecule has 1 heterocycles. The van der Waals surface area contributed by atoms with Crippen LogP contribution in [0.15, 0.2) is 47.4 Å². The van der Waals surface area contributed by atoms with Gasteiger partial charge in [0.2, 0.25) is 0 Å². The van der Waals surface area contributed by atoms with Crippen molar-refractivity contribution in [2.24, 2.45) is 0 Å². The Hall–Kier alpha value is -2.67. The molecular formula is C22H24N2O4S. The van der Waals surface area contributed by atoms with E-state index >= 15 is 0 Å². The molecule has 7 heteroatoms. The highest BCUT2D eigenvalue weighted by Crippen LogP contribution is 2.42. The van der Waals surface area contributed by atoms with Crippen LogP contribution in [-0.2, 0) is 4.79 Å². The lowest BCUT2D eigenvalue weighted by atomic mass is 9.98. The maximum absolute atomic E-state index is 13.5. The molecule has 0 radical (unpaired) electrons. The van der Waals surface area contributed by atoms with Gasteiger partial charge in [-0.2, -0.15) is 0 Å². The molecule has 2 amide bonds. The second-order valence-corrected chi connectivity index (χ2v) is 8.50. The lowest BCUT2D eigenvalue weighted by Crippen LogP contribution is -2.59. The molecule has 0 spiro atoms. The van der Waals surface area contributed by atoms with Crippen LogP contribution in [0.3, 0.4) is 0 Å². The van der Waals surface area contributed by atoms with E-state index in [-0.39, 0.29) is 17.9 Å². The molecule has 1 aliphatic heterocycles. The van der Waals surface area contributed by atoms with Gasteiger partial charge in [-0.05, 0) is 44.0 Å². The highest BCUT2D eigenvalue weighted by molar-refractivity contribution is 7.99. The summed E-state index contributed by atoms with van der Waals surface area (Å²) in [6.07, 6.45) is 1.85. The molecule has 1 N–H and O–H groups in total. The number of nitrogens with one attached hydrogen (secondary N) is 1. The number of hydrogen-bond acceptors (Lipinski definition) is 5. The van der Waals surface area contributed by atoms with E-state index in [2.05, 4.69) is 5.32 Å². The van der Waals surface area contributed by atoms with Crippen molar-refractivity contribution in [3.05, 3.63) is 48.0 Å². The van der Waals surface area contributed by atoms with Crippen LogP contribution in [0.4, 0.5) is 5.69 Å². The Morgan fingerprint density at radius 1 is 1.17 bits per heavy atom. The molecule has 1 atom stereocenters. The minimum atomic E-state index is -0.979. The van der Waals surface area contributed by atoms with Gasteiger partial charge in [0.15, 0.2) is 0 Å². The quantitative estimate of drug-likeness (QED) is 0.809. The number of nitrogens with zero attached hydrogens (tertiary/aromatic N) is 1. The third-order valence-corrected chi connectivity index (χ3v) is 6.81. The highest BCUT2D eigenvalue weighted by Gasteiger charge is 2.51. The van der Waals surface area contributed by atoms with Crippen molar-refractivity contribution in [3.8, 4) is 11.5 Å². The monoisotopic (exact) mass is 412 g/mol. The minimum absolute atomic E-state index is 0.0764. The number of benzene rings is 2. The number of thioether (sulfide) groups is 1. The molecule has 152 valence electrons. The van der Waals surface area contributed by atoms with E-state index < -0.39 is 5.54 Å². The summed E-state index contributed by atoms with van der Waals surface area (Å²) in [5, 5.41) is 2.98. The van der Waals surface area contributed by atoms with Gasteiger partial charge in [-0.15, -0.1) is 11.8 Å². The van der Waals surface area contributed by atoms with Crippen molar-refractivity contribution in [2.75, 3.05) is 25.3 Å². The molecule has 2 aromatic rings. The van der Waals surface area contributed by atoms with E-state index in [0.29, 0.717) is 28.5 Å². The predicted octanol–water partition coefficient (Wildman–Crippen LogP) is 3.81. The summed E-state index contributed by atoms with van der Waals surface area (Å²) in [6.45, 7) is 1.85. The number of anilines is 1. The normalized spacial score (nSPS) is 21.2. The molecule has 29 heavy (non-hydrogen) atoms. The summed E-state index contributed by atoms with van der Waals surface area (Å²) < 4.78 is 10.6. The molecule has 1 unspecified atom stereocenters. The van der Waals surface area contributed by atoms with Gasteiger partial charge in [0.25, 0.3) is 11.8 Å². The second-order valence-electron chi connectivity index (χ2n) is 7.49. The first-order valence-corrected chi connectivity index (χ1v) is 10.6. The highest BCUT2D eigenvalue weighted by atomic mass is 32.2. The van der Waals surface area contributed by atoms with E-state index in [0.717, 1.165) is 17.7 Å². The first-order chi connectivity index (χ1) is 14.0. The molecule has 0 saturated heterocycles. The molecule has 1 saturated carbocycles. The number of carbonyl (C=O) groups is 2. The number of ether oxygens (including phenoxy) is 2. The van der Waals surface area contributed by atoms with Crippen molar-refractivity contribution < 1.29 is 19.1 Å². The average molecular weight is 413 g/mol. The lowest BCUT2D eigenvalue weighted by Gasteiger charge is -2.38. The third kappa shape index (κ3) is 3.55. The van der Waals surface area contributed by atoms with Crippen molar-refractivity contribution >= 4 is 29.3 Å². The van der Waals surface area contributed by atoms with Gasteiger partial charge in [-0.3, -0.25) is 9.59 Å². The van der Waals surface area contributed by atoms with Crippen molar-refractivity contribution in [3.63, 3.8) is 0 Å². The SMILES string of the molecule is COc1ccc(NC(=O)C2(C)CSc3ccccc3C(=O)N2C2CC2)c(OC)c1. The first-order valence-electron chi connectivity index (χ1n) is 9.57. The molecule has 6 nitrogen and oxygen atoms in total. The molecular weight excluding hydrogens is 388 g/mol. The fourth-order valence-electron chi connectivity index (χ4n) is 3.65. The van der Waals surface area contributed by atoms with E-state index in [4.69, 9.17) is 9.47 Å². The fraction of sp³-hybridized carbons (Fsp3) is 0.364. The zero-order valence-corrected chi connectivity index (χ0v) is 17.5. The van der Waals surface area contributed by atoms with Gasteiger partial charge in [0, 0.05) is 22.8 Å². The summed E-state index contributed by atoms with van der Waals surface area (Å²) in [7, 11) is 3.12. The summed E-state index contributed by atoms with van der Waals surface area (Å²) >= 11 is 1.55. The molecule has 0 bridgehead atoms. The smallest absolute Gasteiger partial charge is 0.256 e. The number of amides is 2.